The molecule has 2 atom stereocenters. The average Bonchev–Trinajstić information content (AvgIpc) is 2.66. The van der Waals surface area contributed by atoms with Crippen molar-refractivity contribution < 1.29 is 27.9 Å². The van der Waals surface area contributed by atoms with Gasteiger partial charge in [0.05, 0.1) is 10.0 Å². The Morgan fingerprint density at radius 1 is 0.833 bits per heavy atom. The molecule has 0 bridgehead atoms. The molecule has 0 aromatic heterocycles. The number of sulfonamides is 1. The van der Waals surface area contributed by atoms with Crippen LogP contribution in [-0.2, 0) is 29.5 Å². The molecule has 3 aromatic rings. The first-order valence-electron chi connectivity index (χ1n) is 9.40. The van der Waals surface area contributed by atoms with Crippen LogP contribution in [0.25, 0.3) is 4.72 Å². The Kier molecular flexibility index (Phi) is 10.6. The molecular weight excluding hydrogens is 481 g/mol. The molecular formula is C24H29N2O2RuS. The summed E-state index contributed by atoms with van der Waals surface area (Å²) in [5.74, 6) is 0. The summed E-state index contributed by atoms with van der Waals surface area (Å²) in [6.07, 6.45) is 1.08. The van der Waals surface area contributed by atoms with Crippen LogP contribution in [0.4, 0.5) is 0 Å². The fourth-order valence-corrected chi connectivity index (χ4v) is 3.82. The maximum absolute atomic E-state index is 11.5. The molecule has 4 nitrogen and oxygen atoms in total. The monoisotopic (exact) mass is 511 g/mol. The second-order valence-corrected chi connectivity index (χ2v) is 8.83. The first-order chi connectivity index (χ1) is 13.7. The average molecular weight is 511 g/mol. The summed E-state index contributed by atoms with van der Waals surface area (Å²) in [6.45, 7) is 6.24. The second kappa shape index (κ2) is 12.1. The molecule has 0 saturated carbocycles. The number of hydrogen-bond acceptors (Lipinski definition) is 3. The predicted octanol–water partition coefficient (Wildman–Crippen LogP) is 4.90. The molecule has 2 unspecified atom stereocenters. The van der Waals surface area contributed by atoms with Gasteiger partial charge < -0.3 is 10.5 Å². The first-order valence-corrected chi connectivity index (χ1v) is 11.3. The minimum absolute atomic E-state index is 0. The molecule has 0 aliphatic heterocycles. The Hall–Kier alpha value is -1.85. The fraction of sp³-hybridized carbons (Fsp3) is 0.250. The Balaban J connectivity index is 0.000000379. The van der Waals surface area contributed by atoms with Crippen molar-refractivity contribution in [2.75, 3.05) is 6.26 Å². The summed E-state index contributed by atoms with van der Waals surface area (Å²) in [5, 5.41) is 0. The Labute approximate surface area is 193 Å². The second-order valence-electron chi connectivity index (χ2n) is 7.15. The van der Waals surface area contributed by atoms with Crippen LogP contribution >= 0.6 is 0 Å². The standard InChI is InChI=1S/C15H17N2O2S.C9H11.Ru.H/c1-20(18,19)17-15(13-10-6-3-7-11-13)14(16)12-8-4-2-5-9-12;1-7-4-8(2)6-9(3)5-7;;/h2-11,14-15H,16H2,1H3;4-5H,1-3H3;;/q2*-1;+2;. The van der Waals surface area contributed by atoms with Gasteiger partial charge in [-0.05, 0) is 5.56 Å². The van der Waals surface area contributed by atoms with E-state index in [1.165, 1.54) is 16.7 Å². The summed E-state index contributed by atoms with van der Waals surface area (Å²) in [6, 6.07) is 25.0. The summed E-state index contributed by atoms with van der Waals surface area (Å²) in [7, 11) is -3.48. The van der Waals surface area contributed by atoms with E-state index in [9.17, 15) is 8.42 Å². The van der Waals surface area contributed by atoms with E-state index in [2.05, 4.69) is 43.7 Å². The van der Waals surface area contributed by atoms with Crippen LogP contribution in [0, 0.1) is 26.8 Å². The molecule has 30 heavy (non-hydrogen) atoms. The molecule has 3 rings (SSSR count). The maximum atomic E-state index is 11.5. The van der Waals surface area contributed by atoms with Gasteiger partial charge in [0.15, 0.2) is 0 Å². The van der Waals surface area contributed by atoms with Crippen molar-refractivity contribution >= 4 is 10.0 Å². The third-order valence-corrected chi connectivity index (χ3v) is 4.86. The van der Waals surface area contributed by atoms with E-state index in [1.54, 1.807) is 0 Å². The molecule has 0 fully saturated rings. The van der Waals surface area contributed by atoms with Gasteiger partial charge in [0.2, 0.25) is 0 Å². The summed E-state index contributed by atoms with van der Waals surface area (Å²) in [4.78, 5) is 0. The van der Waals surface area contributed by atoms with Crippen molar-refractivity contribution in [2.24, 2.45) is 5.73 Å². The summed E-state index contributed by atoms with van der Waals surface area (Å²) >= 11 is 0. The van der Waals surface area contributed by atoms with E-state index in [0.29, 0.717) is 0 Å². The van der Waals surface area contributed by atoms with Gasteiger partial charge in [-0.15, -0.1) is 0 Å². The van der Waals surface area contributed by atoms with Gasteiger partial charge in [-0.3, -0.25) is 0 Å². The SMILES string of the molecule is CS(=O)(=O)[N-]C(c1ccccc1)C(N)c1ccccc1.Cc1[c-]c(C)cc(C)c1.[RuH+2]. The van der Waals surface area contributed by atoms with Crippen molar-refractivity contribution in [3.63, 3.8) is 0 Å². The van der Waals surface area contributed by atoms with Crippen molar-refractivity contribution in [3.8, 4) is 0 Å². The van der Waals surface area contributed by atoms with Crippen LogP contribution in [0.3, 0.4) is 0 Å². The summed E-state index contributed by atoms with van der Waals surface area (Å²) in [5.41, 5.74) is 11.6. The Morgan fingerprint density at radius 3 is 1.67 bits per heavy atom. The molecule has 0 saturated heterocycles. The van der Waals surface area contributed by atoms with E-state index in [1.807, 2.05) is 60.7 Å². The minimum atomic E-state index is -3.48. The zero-order chi connectivity index (χ0) is 21.4. The quantitative estimate of drug-likeness (QED) is 0.392. The third kappa shape index (κ3) is 8.89. The van der Waals surface area contributed by atoms with E-state index in [4.69, 9.17) is 5.73 Å². The number of nitrogens with two attached hydrogens (primary N) is 1. The number of benzene rings is 3. The molecule has 0 aliphatic carbocycles. The van der Waals surface area contributed by atoms with Crippen molar-refractivity contribution in [3.05, 3.63) is 111 Å². The van der Waals surface area contributed by atoms with Crippen LogP contribution in [0.2, 0.25) is 0 Å². The summed E-state index contributed by atoms with van der Waals surface area (Å²) < 4.78 is 27.0. The van der Waals surface area contributed by atoms with Gasteiger partial charge in [-0.2, -0.15) is 34.9 Å². The van der Waals surface area contributed by atoms with E-state index >= 15 is 0 Å². The first kappa shape index (κ1) is 26.2. The van der Waals surface area contributed by atoms with E-state index < -0.39 is 22.1 Å². The predicted molar refractivity (Wildman–Crippen MR) is 122 cm³/mol. The van der Waals surface area contributed by atoms with Crippen LogP contribution in [-0.4, -0.2) is 14.7 Å². The molecule has 0 radical (unpaired) electrons. The Bertz CT molecular complexity index is 959. The zero-order valence-corrected chi connectivity index (χ0v) is 20.4. The number of nitrogens with zero attached hydrogens (tertiary/aromatic N) is 1. The molecule has 0 heterocycles. The molecule has 0 aliphatic rings. The third-order valence-electron chi connectivity index (χ3n) is 4.25. The van der Waals surface area contributed by atoms with Gasteiger partial charge in [0, 0.05) is 12.3 Å². The molecule has 2 N–H and O–H groups in total. The normalized spacial score (nSPS) is 12.7. The van der Waals surface area contributed by atoms with Crippen LogP contribution < -0.4 is 5.73 Å². The van der Waals surface area contributed by atoms with Crippen molar-refractivity contribution in [1.82, 2.24) is 0 Å². The van der Waals surface area contributed by atoms with Gasteiger partial charge in [0.25, 0.3) is 0 Å². The molecule has 0 amide bonds. The number of hydrogen-bond donors (Lipinski definition) is 1. The van der Waals surface area contributed by atoms with Gasteiger partial charge >= 0.3 is 19.5 Å². The van der Waals surface area contributed by atoms with Gasteiger partial charge in [0.1, 0.15) is 0 Å². The van der Waals surface area contributed by atoms with Crippen molar-refractivity contribution in [1.29, 1.82) is 0 Å². The number of rotatable bonds is 5. The molecule has 0 spiro atoms. The van der Waals surface area contributed by atoms with E-state index in [0.717, 1.165) is 17.4 Å². The fourth-order valence-electron chi connectivity index (χ4n) is 3.16. The number of aryl methyl sites for hydroxylation is 3. The molecule has 6 heteroatoms. The zero-order valence-electron chi connectivity index (χ0n) is 17.7. The van der Waals surface area contributed by atoms with Crippen LogP contribution in [0.15, 0.2) is 72.8 Å². The molecule has 3 aromatic carbocycles. The van der Waals surface area contributed by atoms with Crippen molar-refractivity contribution in [2.45, 2.75) is 32.9 Å². The van der Waals surface area contributed by atoms with Crippen LogP contribution in [0.5, 0.6) is 0 Å². The van der Waals surface area contributed by atoms with Gasteiger partial charge in [-0.25, -0.2) is 8.42 Å². The topological polar surface area (TPSA) is 74.3 Å². The van der Waals surface area contributed by atoms with E-state index in [-0.39, 0.29) is 19.5 Å². The Morgan fingerprint density at radius 2 is 1.27 bits per heavy atom. The van der Waals surface area contributed by atoms with Crippen LogP contribution in [0.1, 0.15) is 39.9 Å². The molecule has 161 valence electrons. The van der Waals surface area contributed by atoms with Gasteiger partial charge in [-0.1, -0.05) is 93.0 Å².